The molecule has 2 heterocycles. The first-order valence-electron chi connectivity index (χ1n) is 7.20. The van der Waals surface area contributed by atoms with E-state index in [1.807, 2.05) is 28.8 Å². The predicted octanol–water partition coefficient (Wildman–Crippen LogP) is 1.61. The molecule has 1 saturated heterocycles. The lowest BCUT2D eigenvalue weighted by atomic mass is 10.0. The summed E-state index contributed by atoms with van der Waals surface area (Å²) in [6.45, 7) is 3.81. The third kappa shape index (κ3) is 2.51. The Bertz CT molecular complexity index is 623. The van der Waals surface area contributed by atoms with Crippen molar-refractivity contribution in [1.82, 2.24) is 14.5 Å². The molecule has 1 aliphatic heterocycles. The Morgan fingerprint density at radius 3 is 2.80 bits per heavy atom. The van der Waals surface area contributed by atoms with E-state index in [2.05, 4.69) is 9.88 Å². The first-order valence-corrected chi connectivity index (χ1v) is 7.20. The van der Waals surface area contributed by atoms with E-state index in [9.17, 15) is 4.79 Å². The van der Waals surface area contributed by atoms with Crippen LogP contribution in [0.4, 0.5) is 0 Å². The van der Waals surface area contributed by atoms with Gasteiger partial charge in [0.1, 0.15) is 0 Å². The Hall–Kier alpha value is -1.59. The average Bonchev–Trinajstić information content (AvgIpc) is 2.81. The van der Waals surface area contributed by atoms with Crippen LogP contribution < -0.4 is 5.69 Å². The number of H-pyrrole nitrogens is 1. The normalized spacial score (nSPS) is 17.9. The summed E-state index contributed by atoms with van der Waals surface area (Å²) in [7, 11) is 1.73. The SMILES string of the molecule is COCCN1CCC(n2c(=O)[nH]c3ccccc32)CC1. The minimum atomic E-state index is 0.0153. The number of nitrogens with one attached hydrogen (secondary N) is 1. The van der Waals surface area contributed by atoms with Crippen molar-refractivity contribution in [3.05, 3.63) is 34.7 Å². The maximum atomic E-state index is 12.2. The number of piperidine rings is 1. The summed E-state index contributed by atoms with van der Waals surface area (Å²) < 4.78 is 7.05. The standard InChI is InChI=1S/C15H21N3O2/c1-20-11-10-17-8-6-12(7-9-17)18-14-5-3-2-4-13(14)16-15(18)19/h2-5,12H,6-11H2,1H3,(H,16,19). The number of hydrogen-bond donors (Lipinski definition) is 1. The van der Waals surface area contributed by atoms with Crippen molar-refractivity contribution in [2.45, 2.75) is 18.9 Å². The van der Waals surface area contributed by atoms with Crippen molar-refractivity contribution in [3.8, 4) is 0 Å². The number of aromatic amines is 1. The molecule has 0 unspecified atom stereocenters. The zero-order chi connectivity index (χ0) is 13.9. The van der Waals surface area contributed by atoms with E-state index in [-0.39, 0.29) is 5.69 Å². The Balaban J connectivity index is 1.77. The zero-order valence-corrected chi connectivity index (χ0v) is 11.8. The molecular weight excluding hydrogens is 254 g/mol. The van der Waals surface area contributed by atoms with E-state index in [1.165, 1.54) is 0 Å². The van der Waals surface area contributed by atoms with Gasteiger partial charge < -0.3 is 14.6 Å². The fraction of sp³-hybridized carbons (Fsp3) is 0.533. The van der Waals surface area contributed by atoms with Crippen molar-refractivity contribution in [3.63, 3.8) is 0 Å². The number of rotatable bonds is 4. The number of para-hydroxylation sites is 2. The molecule has 1 fully saturated rings. The fourth-order valence-electron chi connectivity index (χ4n) is 3.06. The first-order chi connectivity index (χ1) is 9.79. The summed E-state index contributed by atoms with van der Waals surface area (Å²) in [5.41, 5.74) is 1.97. The summed E-state index contributed by atoms with van der Waals surface area (Å²) >= 11 is 0. The van der Waals surface area contributed by atoms with Gasteiger partial charge in [-0.1, -0.05) is 12.1 Å². The molecule has 1 aliphatic rings. The van der Waals surface area contributed by atoms with Crippen molar-refractivity contribution in [1.29, 1.82) is 0 Å². The number of methoxy groups -OCH3 is 1. The molecule has 5 heteroatoms. The van der Waals surface area contributed by atoms with Gasteiger partial charge in [0.2, 0.25) is 0 Å². The fourth-order valence-corrected chi connectivity index (χ4v) is 3.06. The molecule has 1 N–H and O–H groups in total. The summed E-state index contributed by atoms with van der Waals surface area (Å²) in [4.78, 5) is 17.5. The van der Waals surface area contributed by atoms with E-state index in [1.54, 1.807) is 7.11 Å². The topological polar surface area (TPSA) is 50.3 Å². The molecule has 20 heavy (non-hydrogen) atoms. The molecule has 0 bridgehead atoms. The second-order valence-electron chi connectivity index (χ2n) is 5.38. The van der Waals surface area contributed by atoms with Gasteiger partial charge in [-0.3, -0.25) is 4.57 Å². The van der Waals surface area contributed by atoms with Crippen molar-refractivity contribution in [2.24, 2.45) is 0 Å². The van der Waals surface area contributed by atoms with Gasteiger partial charge in [0.05, 0.1) is 17.6 Å². The molecule has 108 valence electrons. The molecule has 0 amide bonds. The van der Waals surface area contributed by atoms with Crippen LogP contribution in [-0.4, -0.2) is 47.8 Å². The number of imidazole rings is 1. The lowest BCUT2D eigenvalue weighted by Crippen LogP contribution is -2.38. The van der Waals surface area contributed by atoms with Crippen LogP contribution in [0.2, 0.25) is 0 Å². The molecular formula is C15H21N3O2. The molecule has 1 aromatic carbocycles. The summed E-state index contributed by atoms with van der Waals surface area (Å²) in [6.07, 6.45) is 2.04. The first kappa shape index (κ1) is 13.4. The molecule has 2 aromatic rings. The van der Waals surface area contributed by atoms with Gasteiger partial charge in [-0.2, -0.15) is 0 Å². The van der Waals surface area contributed by atoms with Gasteiger partial charge in [-0.25, -0.2) is 4.79 Å². The number of likely N-dealkylation sites (tertiary alicyclic amines) is 1. The van der Waals surface area contributed by atoms with Crippen molar-refractivity contribution >= 4 is 11.0 Å². The van der Waals surface area contributed by atoms with E-state index >= 15 is 0 Å². The van der Waals surface area contributed by atoms with Gasteiger partial charge in [-0.15, -0.1) is 0 Å². The summed E-state index contributed by atoms with van der Waals surface area (Å²) in [6, 6.07) is 8.22. The minimum absolute atomic E-state index is 0.0153. The smallest absolute Gasteiger partial charge is 0.326 e. The third-order valence-corrected chi connectivity index (χ3v) is 4.16. The molecule has 5 nitrogen and oxygen atoms in total. The number of hydrogen-bond acceptors (Lipinski definition) is 3. The van der Waals surface area contributed by atoms with E-state index in [4.69, 9.17) is 4.74 Å². The highest BCUT2D eigenvalue weighted by molar-refractivity contribution is 5.75. The van der Waals surface area contributed by atoms with Crippen LogP contribution in [0.5, 0.6) is 0 Å². The number of fused-ring (bicyclic) bond motifs is 1. The second kappa shape index (κ2) is 5.81. The highest BCUT2D eigenvalue weighted by Crippen LogP contribution is 2.24. The lowest BCUT2D eigenvalue weighted by Gasteiger charge is -2.32. The number of aromatic nitrogens is 2. The second-order valence-corrected chi connectivity index (χ2v) is 5.38. The molecule has 0 saturated carbocycles. The summed E-state index contributed by atoms with van der Waals surface area (Å²) in [5, 5.41) is 0. The van der Waals surface area contributed by atoms with Gasteiger partial charge in [0.15, 0.2) is 0 Å². The minimum Gasteiger partial charge on any atom is -0.383 e. The predicted molar refractivity (Wildman–Crippen MR) is 79.1 cm³/mol. The maximum absolute atomic E-state index is 12.2. The molecule has 0 radical (unpaired) electrons. The highest BCUT2D eigenvalue weighted by Gasteiger charge is 2.23. The lowest BCUT2D eigenvalue weighted by molar-refractivity contribution is 0.122. The Labute approximate surface area is 118 Å². The van der Waals surface area contributed by atoms with Gasteiger partial charge >= 0.3 is 5.69 Å². The number of benzene rings is 1. The number of nitrogens with zero attached hydrogens (tertiary/aromatic N) is 2. The largest absolute Gasteiger partial charge is 0.383 e. The highest BCUT2D eigenvalue weighted by atomic mass is 16.5. The van der Waals surface area contributed by atoms with Crippen LogP contribution in [0, 0.1) is 0 Å². The molecule has 0 aliphatic carbocycles. The van der Waals surface area contributed by atoms with Gasteiger partial charge in [0, 0.05) is 32.8 Å². The zero-order valence-electron chi connectivity index (χ0n) is 11.8. The molecule has 0 atom stereocenters. The van der Waals surface area contributed by atoms with Crippen LogP contribution in [0.15, 0.2) is 29.1 Å². The van der Waals surface area contributed by atoms with Crippen LogP contribution >= 0.6 is 0 Å². The third-order valence-electron chi connectivity index (χ3n) is 4.16. The van der Waals surface area contributed by atoms with Crippen molar-refractivity contribution < 1.29 is 4.74 Å². The Morgan fingerprint density at radius 2 is 2.05 bits per heavy atom. The number of ether oxygens (including phenoxy) is 1. The molecule has 0 spiro atoms. The van der Waals surface area contributed by atoms with Crippen LogP contribution in [0.3, 0.4) is 0 Å². The van der Waals surface area contributed by atoms with E-state index in [0.29, 0.717) is 6.04 Å². The molecule has 1 aromatic heterocycles. The Morgan fingerprint density at radius 1 is 1.30 bits per heavy atom. The quantitative estimate of drug-likeness (QED) is 0.922. The van der Waals surface area contributed by atoms with Crippen LogP contribution in [-0.2, 0) is 4.74 Å². The van der Waals surface area contributed by atoms with Crippen LogP contribution in [0.1, 0.15) is 18.9 Å². The van der Waals surface area contributed by atoms with E-state index in [0.717, 1.165) is 50.1 Å². The average molecular weight is 275 g/mol. The maximum Gasteiger partial charge on any atom is 0.326 e. The van der Waals surface area contributed by atoms with Gasteiger partial charge in [0.25, 0.3) is 0 Å². The monoisotopic (exact) mass is 275 g/mol. The molecule has 3 rings (SSSR count). The Kier molecular flexibility index (Phi) is 3.89. The van der Waals surface area contributed by atoms with Crippen molar-refractivity contribution in [2.75, 3.05) is 33.4 Å². The van der Waals surface area contributed by atoms with Crippen LogP contribution in [0.25, 0.3) is 11.0 Å². The van der Waals surface area contributed by atoms with Gasteiger partial charge in [-0.05, 0) is 25.0 Å². The van der Waals surface area contributed by atoms with E-state index < -0.39 is 0 Å². The summed E-state index contributed by atoms with van der Waals surface area (Å²) in [5.74, 6) is 0.